The van der Waals surface area contributed by atoms with Crippen LogP contribution in [0.15, 0.2) is 4.99 Å². The SMILES string of the molecule is CC(CC(C)C)=NC(C)C. The summed E-state index contributed by atoms with van der Waals surface area (Å²) >= 11 is 0. The van der Waals surface area contributed by atoms with E-state index < -0.39 is 0 Å². The molecule has 0 aliphatic carbocycles. The van der Waals surface area contributed by atoms with Crippen molar-refractivity contribution in [2.24, 2.45) is 10.9 Å². The van der Waals surface area contributed by atoms with Crippen LogP contribution in [0.3, 0.4) is 0 Å². The van der Waals surface area contributed by atoms with Gasteiger partial charge in [-0.05, 0) is 33.1 Å². The zero-order chi connectivity index (χ0) is 8.15. The predicted octanol–water partition coefficient (Wildman–Crippen LogP) is 2.90. The molecule has 0 radical (unpaired) electrons. The lowest BCUT2D eigenvalue weighted by molar-refractivity contribution is 0.676. The van der Waals surface area contributed by atoms with Gasteiger partial charge in [-0.3, -0.25) is 4.99 Å². The van der Waals surface area contributed by atoms with Crippen molar-refractivity contribution < 1.29 is 0 Å². The van der Waals surface area contributed by atoms with Crippen LogP contribution in [0.25, 0.3) is 0 Å². The van der Waals surface area contributed by atoms with Crippen LogP contribution < -0.4 is 0 Å². The third kappa shape index (κ3) is 5.80. The Kier molecular flexibility index (Phi) is 4.33. The van der Waals surface area contributed by atoms with Crippen molar-refractivity contribution in [2.45, 2.75) is 47.1 Å². The summed E-state index contributed by atoms with van der Waals surface area (Å²) in [6.45, 7) is 10.8. The smallest absolute Gasteiger partial charge is 0.0442 e. The Morgan fingerprint density at radius 1 is 1.20 bits per heavy atom. The largest absolute Gasteiger partial charge is 0.292 e. The van der Waals surface area contributed by atoms with E-state index in [0.717, 1.165) is 12.3 Å². The molecule has 10 heavy (non-hydrogen) atoms. The summed E-state index contributed by atoms with van der Waals surface area (Å²) in [5.41, 5.74) is 1.28. The Hall–Kier alpha value is -0.330. The average Bonchev–Trinajstić information content (AvgIpc) is 1.58. The van der Waals surface area contributed by atoms with Gasteiger partial charge in [0.25, 0.3) is 0 Å². The minimum Gasteiger partial charge on any atom is -0.292 e. The molecule has 0 spiro atoms. The van der Waals surface area contributed by atoms with E-state index in [-0.39, 0.29) is 0 Å². The van der Waals surface area contributed by atoms with E-state index in [9.17, 15) is 0 Å². The van der Waals surface area contributed by atoms with Gasteiger partial charge in [-0.2, -0.15) is 0 Å². The summed E-state index contributed by atoms with van der Waals surface area (Å²) in [5.74, 6) is 0.738. The van der Waals surface area contributed by atoms with Crippen molar-refractivity contribution >= 4 is 5.71 Å². The first-order valence-corrected chi connectivity index (χ1v) is 4.05. The van der Waals surface area contributed by atoms with E-state index in [0.29, 0.717) is 6.04 Å². The van der Waals surface area contributed by atoms with E-state index in [2.05, 4.69) is 39.6 Å². The molecule has 0 N–H and O–H groups in total. The quantitative estimate of drug-likeness (QED) is 0.536. The fourth-order valence-corrected chi connectivity index (χ4v) is 1.08. The van der Waals surface area contributed by atoms with Crippen molar-refractivity contribution in [1.82, 2.24) is 0 Å². The van der Waals surface area contributed by atoms with Crippen LogP contribution in [0.4, 0.5) is 0 Å². The molecule has 0 bridgehead atoms. The maximum absolute atomic E-state index is 4.43. The van der Waals surface area contributed by atoms with Gasteiger partial charge < -0.3 is 0 Å². The molecule has 0 aliphatic heterocycles. The predicted molar refractivity (Wildman–Crippen MR) is 47.7 cm³/mol. The zero-order valence-corrected chi connectivity index (χ0v) is 7.81. The van der Waals surface area contributed by atoms with Gasteiger partial charge in [0.1, 0.15) is 0 Å². The van der Waals surface area contributed by atoms with Gasteiger partial charge in [-0.1, -0.05) is 13.8 Å². The zero-order valence-electron chi connectivity index (χ0n) is 7.81. The highest BCUT2D eigenvalue weighted by molar-refractivity contribution is 5.82. The second-order valence-corrected chi connectivity index (χ2v) is 3.56. The van der Waals surface area contributed by atoms with E-state index in [1.807, 2.05) is 0 Å². The number of aliphatic imine (C=N–C) groups is 1. The maximum atomic E-state index is 4.43. The van der Waals surface area contributed by atoms with Gasteiger partial charge in [0.15, 0.2) is 0 Å². The van der Waals surface area contributed by atoms with E-state index in [1.54, 1.807) is 0 Å². The summed E-state index contributed by atoms with van der Waals surface area (Å²) in [6, 6.07) is 0.457. The van der Waals surface area contributed by atoms with E-state index >= 15 is 0 Å². The van der Waals surface area contributed by atoms with Crippen molar-refractivity contribution in [2.75, 3.05) is 0 Å². The van der Waals surface area contributed by atoms with Gasteiger partial charge in [0.2, 0.25) is 0 Å². The number of hydrogen-bond acceptors (Lipinski definition) is 1. The molecule has 0 saturated carbocycles. The Morgan fingerprint density at radius 3 is 2.00 bits per heavy atom. The van der Waals surface area contributed by atoms with Crippen LogP contribution in [0.1, 0.15) is 41.0 Å². The van der Waals surface area contributed by atoms with Crippen molar-refractivity contribution in [3.8, 4) is 0 Å². The van der Waals surface area contributed by atoms with Gasteiger partial charge in [0, 0.05) is 11.8 Å². The van der Waals surface area contributed by atoms with Crippen molar-refractivity contribution in [3.05, 3.63) is 0 Å². The summed E-state index contributed by atoms with van der Waals surface area (Å²) in [5, 5.41) is 0. The lowest BCUT2D eigenvalue weighted by Gasteiger charge is -2.05. The molecule has 60 valence electrons. The van der Waals surface area contributed by atoms with Crippen LogP contribution in [0, 0.1) is 5.92 Å². The van der Waals surface area contributed by atoms with Gasteiger partial charge in [0.05, 0.1) is 0 Å². The highest BCUT2D eigenvalue weighted by atomic mass is 14.8. The molecular formula is C9H19N. The van der Waals surface area contributed by atoms with Crippen LogP contribution >= 0.6 is 0 Å². The van der Waals surface area contributed by atoms with Gasteiger partial charge in [-0.15, -0.1) is 0 Å². The highest BCUT2D eigenvalue weighted by Crippen LogP contribution is 2.02. The molecule has 0 fully saturated rings. The fraction of sp³-hybridized carbons (Fsp3) is 0.889. The first kappa shape index (κ1) is 9.67. The Morgan fingerprint density at radius 2 is 1.70 bits per heavy atom. The highest BCUT2D eigenvalue weighted by Gasteiger charge is 1.97. The molecular weight excluding hydrogens is 122 g/mol. The lowest BCUT2D eigenvalue weighted by Crippen LogP contribution is -2.01. The molecule has 0 aromatic rings. The third-order valence-electron chi connectivity index (χ3n) is 1.18. The molecule has 1 heteroatoms. The second-order valence-electron chi connectivity index (χ2n) is 3.56. The topological polar surface area (TPSA) is 12.4 Å². The van der Waals surface area contributed by atoms with E-state index in [4.69, 9.17) is 0 Å². The molecule has 0 saturated heterocycles. The van der Waals surface area contributed by atoms with Crippen molar-refractivity contribution in [1.29, 1.82) is 0 Å². The summed E-state index contributed by atoms with van der Waals surface area (Å²) in [7, 11) is 0. The van der Waals surface area contributed by atoms with E-state index in [1.165, 1.54) is 5.71 Å². The molecule has 0 rings (SSSR count). The number of rotatable bonds is 3. The van der Waals surface area contributed by atoms with Crippen LogP contribution in [0.2, 0.25) is 0 Å². The second kappa shape index (κ2) is 4.48. The Balaban J connectivity index is 3.71. The number of nitrogens with zero attached hydrogens (tertiary/aromatic N) is 1. The van der Waals surface area contributed by atoms with Gasteiger partial charge >= 0.3 is 0 Å². The Bertz CT molecular complexity index is 112. The molecule has 0 amide bonds. The molecule has 0 aliphatic rings. The molecule has 0 atom stereocenters. The minimum atomic E-state index is 0.457. The molecule has 0 unspecified atom stereocenters. The van der Waals surface area contributed by atoms with Crippen LogP contribution in [-0.2, 0) is 0 Å². The third-order valence-corrected chi connectivity index (χ3v) is 1.18. The molecule has 1 nitrogen and oxygen atoms in total. The number of hydrogen-bond donors (Lipinski definition) is 0. The maximum Gasteiger partial charge on any atom is 0.0442 e. The fourth-order valence-electron chi connectivity index (χ4n) is 1.08. The summed E-state index contributed by atoms with van der Waals surface area (Å²) < 4.78 is 0. The average molecular weight is 141 g/mol. The van der Waals surface area contributed by atoms with Crippen molar-refractivity contribution in [3.63, 3.8) is 0 Å². The van der Waals surface area contributed by atoms with Crippen LogP contribution in [-0.4, -0.2) is 11.8 Å². The monoisotopic (exact) mass is 141 g/mol. The first-order valence-electron chi connectivity index (χ1n) is 4.05. The molecule has 0 heterocycles. The molecule has 0 aromatic carbocycles. The van der Waals surface area contributed by atoms with Crippen LogP contribution in [0.5, 0.6) is 0 Å². The summed E-state index contributed by atoms with van der Waals surface area (Å²) in [4.78, 5) is 4.43. The standard InChI is InChI=1S/C9H19N/c1-7(2)6-9(5)10-8(3)4/h7-8H,6H2,1-5H3. The lowest BCUT2D eigenvalue weighted by atomic mass is 10.1. The normalized spacial score (nSPS) is 13.3. The first-order chi connectivity index (χ1) is 4.52. The Labute approximate surface area is 64.6 Å². The van der Waals surface area contributed by atoms with Gasteiger partial charge in [-0.25, -0.2) is 0 Å². The minimum absolute atomic E-state index is 0.457. The summed E-state index contributed by atoms with van der Waals surface area (Å²) in [6.07, 6.45) is 1.14. The molecule has 0 aromatic heterocycles.